The van der Waals surface area contributed by atoms with Crippen molar-refractivity contribution in [2.75, 3.05) is 5.73 Å². The Hall–Kier alpha value is -1.20. The molecule has 0 aliphatic heterocycles. The number of halogens is 3. The summed E-state index contributed by atoms with van der Waals surface area (Å²) in [5, 5.41) is 3.85. The highest BCUT2D eigenvalue weighted by molar-refractivity contribution is 5.45. The molecule has 0 aromatic carbocycles. The van der Waals surface area contributed by atoms with Gasteiger partial charge in [0.15, 0.2) is 0 Å². The number of nitrogens with two attached hydrogens (primary N) is 1. The molecule has 0 bridgehead atoms. The lowest BCUT2D eigenvalue weighted by molar-refractivity contribution is -0.142. The fourth-order valence-corrected chi connectivity index (χ4v) is 1.76. The van der Waals surface area contributed by atoms with Crippen LogP contribution in [0.1, 0.15) is 17.7 Å². The lowest BCUT2D eigenvalue weighted by atomic mass is 10.2. The van der Waals surface area contributed by atoms with Gasteiger partial charge < -0.3 is 5.73 Å². The summed E-state index contributed by atoms with van der Waals surface area (Å²) in [6, 6.07) is 0. The summed E-state index contributed by atoms with van der Waals surface area (Å²) in [4.78, 5) is 0. The molecule has 0 atom stereocenters. The average Bonchev–Trinajstić information content (AvgIpc) is 2.55. The third-order valence-electron chi connectivity index (χ3n) is 2.35. The van der Waals surface area contributed by atoms with Crippen LogP contribution in [0.25, 0.3) is 0 Å². The van der Waals surface area contributed by atoms with E-state index in [-0.39, 0.29) is 5.82 Å². The molecular weight excluding hydrogens is 195 g/mol. The lowest BCUT2D eigenvalue weighted by Crippen LogP contribution is -2.20. The van der Waals surface area contributed by atoms with Gasteiger partial charge in [-0.2, -0.15) is 18.3 Å². The van der Waals surface area contributed by atoms with Gasteiger partial charge in [0.2, 0.25) is 0 Å². The van der Waals surface area contributed by atoms with E-state index in [0.29, 0.717) is 0 Å². The first-order chi connectivity index (χ1) is 6.47. The van der Waals surface area contributed by atoms with Crippen LogP contribution in [-0.4, -0.2) is 16.0 Å². The largest absolute Gasteiger partial charge is 0.408 e. The SMILES string of the molecule is Nc1c2c(nn1CC(F)(F)F)CCC2. The zero-order valence-electron chi connectivity index (χ0n) is 7.43. The van der Waals surface area contributed by atoms with Crippen molar-refractivity contribution in [3.8, 4) is 0 Å². The van der Waals surface area contributed by atoms with Gasteiger partial charge in [-0.25, -0.2) is 4.68 Å². The Kier molecular flexibility index (Phi) is 1.94. The molecule has 1 heterocycles. The third kappa shape index (κ3) is 1.56. The molecule has 14 heavy (non-hydrogen) atoms. The minimum atomic E-state index is -4.26. The van der Waals surface area contributed by atoms with E-state index in [1.165, 1.54) is 0 Å². The van der Waals surface area contributed by atoms with E-state index in [9.17, 15) is 13.2 Å². The highest BCUT2D eigenvalue weighted by Crippen LogP contribution is 2.28. The van der Waals surface area contributed by atoms with Crippen LogP contribution in [0.2, 0.25) is 0 Å². The second-order valence-electron chi connectivity index (χ2n) is 3.44. The van der Waals surface area contributed by atoms with E-state index in [1.807, 2.05) is 0 Å². The second-order valence-corrected chi connectivity index (χ2v) is 3.44. The number of nitrogen functional groups attached to an aromatic ring is 1. The van der Waals surface area contributed by atoms with Crippen molar-refractivity contribution >= 4 is 5.82 Å². The maximum Gasteiger partial charge on any atom is 0.408 e. The van der Waals surface area contributed by atoms with Gasteiger partial charge in [0.1, 0.15) is 12.4 Å². The molecule has 0 amide bonds. The molecule has 0 saturated carbocycles. The number of rotatable bonds is 1. The van der Waals surface area contributed by atoms with E-state index in [4.69, 9.17) is 5.73 Å². The zero-order valence-corrected chi connectivity index (χ0v) is 7.43. The maximum atomic E-state index is 12.1. The van der Waals surface area contributed by atoms with Gasteiger partial charge in [0.25, 0.3) is 0 Å². The molecule has 78 valence electrons. The fraction of sp³-hybridized carbons (Fsp3) is 0.625. The van der Waals surface area contributed by atoms with Crippen LogP contribution in [0, 0.1) is 0 Å². The van der Waals surface area contributed by atoms with E-state index >= 15 is 0 Å². The van der Waals surface area contributed by atoms with Crippen LogP contribution in [-0.2, 0) is 19.4 Å². The van der Waals surface area contributed by atoms with Crippen LogP contribution < -0.4 is 5.73 Å². The normalized spacial score (nSPS) is 15.9. The van der Waals surface area contributed by atoms with Gasteiger partial charge >= 0.3 is 6.18 Å². The van der Waals surface area contributed by atoms with Gasteiger partial charge in [-0.05, 0) is 19.3 Å². The summed E-state index contributed by atoms with van der Waals surface area (Å²) in [6.45, 7) is -1.09. The first-order valence-electron chi connectivity index (χ1n) is 4.38. The summed E-state index contributed by atoms with van der Waals surface area (Å²) in [5.41, 5.74) is 7.09. The van der Waals surface area contributed by atoms with Gasteiger partial charge in [-0.15, -0.1) is 0 Å². The standard InChI is InChI=1S/C8H10F3N3/c9-8(10,11)4-14-7(12)5-2-1-3-6(5)13-14/h1-4,12H2. The predicted octanol–water partition coefficient (Wildman–Crippen LogP) is 1.52. The van der Waals surface area contributed by atoms with Gasteiger partial charge in [-0.1, -0.05) is 0 Å². The van der Waals surface area contributed by atoms with Crippen molar-refractivity contribution in [1.29, 1.82) is 0 Å². The molecule has 1 aliphatic rings. The Labute approximate surface area is 78.7 Å². The topological polar surface area (TPSA) is 43.8 Å². The zero-order chi connectivity index (χ0) is 10.3. The van der Waals surface area contributed by atoms with Crippen molar-refractivity contribution in [2.24, 2.45) is 0 Å². The Morgan fingerprint density at radius 3 is 2.64 bits per heavy atom. The molecule has 0 fully saturated rings. The summed E-state index contributed by atoms with van der Waals surface area (Å²) in [6.07, 6.45) is -1.83. The third-order valence-corrected chi connectivity index (χ3v) is 2.35. The maximum absolute atomic E-state index is 12.1. The number of alkyl halides is 3. The summed E-state index contributed by atoms with van der Waals surface area (Å²) >= 11 is 0. The molecule has 1 aliphatic carbocycles. The molecule has 0 spiro atoms. The van der Waals surface area contributed by atoms with Gasteiger partial charge in [-0.3, -0.25) is 0 Å². The first kappa shape index (κ1) is 9.36. The number of nitrogens with zero attached hydrogens (tertiary/aromatic N) is 2. The van der Waals surface area contributed by atoms with Crippen LogP contribution in [0.5, 0.6) is 0 Å². The Morgan fingerprint density at radius 1 is 1.36 bits per heavy atom. The molecule has 0 saturated heterocycles. The van der Waals surface area contributed by atoms with Crippen molar-refractivity contribution < 1.29 is 13.2 Å². The van der Waals surface area contributed by atoms with Crippen molar-refractivity contribution in [3.05, 3.63) is 11.3 Å². The van der Waals surface area contributed by atoms with E-state index in [0.717, 1.165) is 35.2 Å². The van der Waals surface area contributed by atoms with Crippen LogP contribution in [0.4, 0.5) is 19.0 Å². The Morgan fingerprint density at radius 2 is 2.07 bits per heavy atom. The van der Waals surface area contributed by atoms with Crippen LogP contribution >= 0.6 is 0 Å². The average molecular weight is 205 g/mol. The number of fused-ring (bicyclic) bond motifs is 1. The van der Waals surface area contributed by atoms with Gasteiger partial charge in [0, 0.05) is 5.56 Å². The molecule has 2 rings (SSSR count). The molecule has 6 heteroatoms. The van der Waals surface area contributed by atoms with E-state index in [2.05, 4.69) is 5.10 Å². The van der Waals surface area contributed by atoms with Crippen molar-refractivity contribution in [2.45, 2.75) is 32.0 Å². The minimum absolute atomic E-state index is 0.176. The molecule has 0 unspecified atom stereocenters. The highest BCUT2D eigenvalue weighted by atomic mass is 19.4. The Balaban J connectivity index is 2.28. The van der Waals surface area contributed by atoms with Crippen molar-refractivity contribution in [1.82, 2.24) is 9.78 Å². The Bertz CT molecular complexity index is 353. The smallest absolute Gasteiger partial charge is 0.384 e. The van der Waals surface area contributed by atoms with E-state index in [1.54, 1.807) is 0 Å². The molecule has 1 aromatic heterocycles. The number of hydrogen-bond acceptors (Lipinski definition) is 2. The summed E-state index contributed by atoms with van der Waals surface area (Å²) in [5.74, 6) is 0.176. The second kappa shape index (κ2) is 2.90. The number of aromatic nitrogens is 2. The number of anilines is 1. The monoisotopic (exact) mass is 205 g/mol. The molecule has 3 nitrogen and oxygen atoms in total. The quantitative estimate of drug-likeness (QED) is 0.755. The lowest BCUT2D eigenvalue weighted by Gasteiger charge is -2.08. The highest BCUT2D eigenvalue weighted by Gasteiger charge is 2.31. The minimum Gasteiger partial charge on any atom is -0.384 e. The van der Waals surface area contributed by atoms with Crippen molar-refractivity contribution in [3.63, 3.8) is 0 Å². The summed E-state index contributed by atoms with van der Waals surface area (Å²) in [7, 11) is 0. The molecule has 1 aromatic rings. The molecule has 0 radical (unpaired) electrons. The number of hydrogen-bond donors (Lipinski definition) is 1. The molecular formula is C8H10F3N3. The number of aryl methyl sites for hydroxylation is 1. The summed E-state index contributed by atoms with van der Waals surface area (Å²) < 4.78 is 37.1. The predicted molar refractivity (Wildman–Crippen MR) is 44.7 cm³/mol. The van der Waals surface area contributed by atoms with E-state index < -0.39 is 12.7 Å². The fourth-order valence-electron chi connectivity index (χ4n) is 1.76. The first-order valence-corrected chi connectivity index (χ1v) is 4.38. The van der Waals surface area contributed by atoms with Gasteiger partial charge in [0.05, 0.1) is 5.69 Å². The van der Waals surface area contributed by atoms with Crippen LogP contribution in [0.15, 0.2) is 0 Å². The molecule has 2 N–H and O–H groups in total. The van der Waals surface area contributed by atoms with Crippen LogP contribution in [0.3, 0.4) is 0 Å².